The highest BCUT2D eigenvalue weighted by Crippen LogP contribution is 2.31. The lowest BCUT2D eigenvalue weighted by atomic mass is 10.1. The molecule has 1 aromatic carbocycles. The molecule has 23 heavy (non-hydrogen) atoms. The summed E-state index contributed by atoms with van der Waals surface area (Å²) >= 11 is 0. The van der Waals surface area contributed by atoms with Crippen molar-refractivity contribution >= 4 is 23.5 Å². The van der Waals surface area contributed by atoms with Crippen molar-refractivity contribution in [2.24, 2.45) is 0 Å². The summed E-state index contributed by atoms with van der Waals surface area (Å²) in [6, 6.07) is 5.61. The van der Waals surface area contributed by atoms with E-state index >= 15 is 0 Å². The minimum atomic E-state index is -0.400. The molecule has 2 amide bonds. The van der Waals surface area contributed by atoms with Crippen LogP contribution in [0.4, 0.5) is 5.69 Å². The highest BCUT2D eigenvalue weighted by Gasteiger charge is 2.22. The Balaban J connectivity index is 1.84. The number of carbonyl (C=O) groups excluding carboxylic acids is 3. The Hall–Kier alpha value is -2.57. The third kappa shape index (κ3) is 4.45. The third-order valence-electron chi connectivity index (χ3n) is 3.63. The van der Waals surface area contributed by atoms with Crippen molar-refractivity contribution in [2.75, 3.05) is 32.2 Å². The topological polar surface area (TPSA) is 84.9 Å². The molecule has 124 valence electrons. The Labute approximate surface area is 134 Å². The zero-order valence-electron chi connectivity index (χ0n) is 13.3. The van der Waals surface area contributed by atoms with Crippen LogP contribution in [0.3, 0.4) is 0 Å². The van der Waals surface area contributed by atoms with Gasteiger partial charge in [-0.3, -0.25) is 14.4 Å². The normalized spacial score (nSPS) is 13.1. The van der Waals surface area contributed by atoms with Gasteiger partial charge >= 0.3 is 5.97 Å². The van der Waals surface area contributed by atoms with Crippen LogP contribution in [0.1, 0.15) is 18.4 Å². The molecule has 0 radical (unpaired) electrons. The second-order valence-electron chi connectivity index (χ2n) is 5.22. The van der Waals surface area contributed by atoms with Gasteiger partial charge in [0, 0.05) is 20.0 Å². The quantitative estimate of drug-likeness (QED) is 0.778. The van der Waals surface area contributed by atoms with Crippen LogP contribution in [-0.4, -0.2) is 45.1 Å². The number of anilines is 1. The number of carbonyl (C=O) groups is 3. The third-order valence-corrected chi connectivity index (χ3v) is 3.63. The van der Waals surface area contributed by atoms with Crippen molar-refractivity contribution in [3.05, 3.63) is 23.8 Å². The molecule has 2 rings (SSSR count). The summed E-state index contributed by atoms with van der Waals surface area (Å²) in [5.41, 5.74) is 1.72. The molecule has 0 fully saturated rings. The number of benzene rings is 1. The molecule has 7 heteroatoms. The Kier molecular flexibility index (Phi) is 5.56. The SMILES string of the molecule is COC(=O)CCC(=O)NCCc1ccc2c(c1)N(C)C(=O)CO2. The molecule has 1 aromatic rings. The van der Waals surface area contributed by atoms with Crippen molar-refractivity contribution in [3.63, 3.8) is 0 Å². The van der Waals surface area contributed by atoms with Gasteiger partial charge in [0.2, 0.25) is 5.91 Å². The standard InChI is InChI=1S/C16H20N2O5/c1-18-12-9-11(3-4-13(12)23-10-15(18)20)7-8-17-14(19)5-6-16(21)22-2/h3-4,9H,5-8,10H2,1-2H3,(H,17,19). The number of hydrogen-bond acceptors (Lipinski definition) is 5. The van der Waals surface area contributed by atoms with E-state index in [-0.39, 0.29) is 31.3 Å². The molecule has 7 nitrogen and oxygen atoms in total. The molecule has 1 heterocycles. The first-order valence-electron chi connectivity index (χ1n) is 7.37. The highest BCUT2D eigenvalue weighted by atomic mass is 16.5. The Morgan fingerprint density at radius 3 is 2.87 bits per heavy atom. The van der Waals surface area contributed by atoms with Crippen LogP contribution < -0.4 is 15.0 Å². The fraction of sp³-hybridized carbons (Fsp3) is 0.438. The molecule has 0 saturated heterocycles. The molecule has 0 aliphatic carbocycles. The van der Waals surface area contributed by atoms with Crippen molar-refractivity contribution in [3.8, 4) is 5.75 Å². The van der Waals surface area contributed by atoms with Crippen molar-refractivity contribution in [2.45, 2.75) is 19.3 Å². The number of esters is 1. The summed E-state index contributed by atoms with van der Waals surface area (Å²) in [6.07, 6.45) is 0.812. The van der Waals surface area contributed by atoms with Crippen molar-refractivity contribution in [1.82, 2.24) is 5.32 Å². The van der Waals surface area contributed by atoms with Gasteiger partial charge in [-0.2, -0.15) is 0 Å². The maximum Gasteiger partial charge on any atom is 0.306 e. The molecular formula is C16H20N2O5. The van der Waals surface area contributed by atoms with E-state index in [2.05, 4.69) is 10.1 Å². The van der Waals surface area contributed by atoms with Crippen LogP contribution >= 0.6 is 0 Å². The summed E-state index contributed by atoms with van der Waals surface area (Å²) in [4.78, 5) is 35.7. The maximum atomic E-state index is 11.6. The largest absolute Gasteiger partial charge is 0.482 e. The van der Waals surface area contributed by atoms with E-state index in [9.17, 15) is 14.4 Å². The highest BCUT2D eigenvalue weighted by molar-refractivity contribution is 5.97. The van der Waals surface area contributed by atoms with E-state index in [4.69, 9.17) is 4.74 Å². The zero-order chi connectivity index (χ0) is 16.8. The Morgan fingerprint density at radius 2 is 2.13 bits per heavy atom. The molecule has 0 atom stereocenters. The van der Waals surface area contributed by atoms with Gasteiger partial charge in [-0.05, 0) is 24.1 Å². The summed E-state index contributed by atoms with van der Waals surface area (Å²) in [5, 5.41) is 2.75. The van der Waals surface area contributed by atoms with E-state index in [0.29, 0.717) is 18.7 Å². The average Bonchev–Trinajstić information content (AvgIpc) is 2.56. The fourth-order valence-electron chi connectivity index (χ4n) is 2.23. The maximum absolute atomic E-state index is 11.6. The number of nitrogens with one attached hydrogen (secondary N) is 1. The molecular weight excluding hydrogens is 300 g/mol. The van der Waals surface area contributed by atoms with Gasteiger partial charge in [0.25, 0.3) is 5.91 Å². The molecule has 0 bridgehead atoms. The monoisotopic (exact) mass is 320 g/mol. The molecule has 0 spiro atoms. The lowest BCUT2D eigenvalue weighted by molar-refractivity contribution is -0.142. The fourth-order valence-corrected chi connectivity index (χ4v) is 2.23. The minimum Gasteiger partial charge on any atom is -0.482 e. The predicted octanol–water partition coefficient (Wildman–Crippen LogP) is 0.654. The second-order valence-corrected chi connectivity index (χ2v) is 5.22. The first kappa shape index (κ1) is 16.8. The van der Waals surface area contributed by atoms with Crippen molar-refractivity contribution < 1.29 is 23.9 Å². The molecule has 1 aliphatic heterocycles. The van der Waals surface area contributed by atoms with E-state index < -0.39 is 5.97 Å². The van der Waals surface area contributed by atoms with Gasteiger partial charge in [0.15, 0.2) is 6.61 Å². The molecule has 1 N–H and O–H groups in total. The number of methoxy groups -OCH3 is 1. The number of ether oxygens (including phenoxy) is 2. The van der Waals surface area contributed by atoms with Crippen LogP contribution in [0.25, 0.3) is 0 Å². The molecule has 0 aromatic heterocycles. The molecule has 1 aliphatic rings. The minimum absolute atomic E-state index is 0.0547. The number of hydrogen-bond donors (Lipinski definition) is 1. The summed E-state index contributed by atoms with van der Waals surface area (Å²) in [7, 11) is 3.00. The summed E-state index contributed by atoms with van der Waals surface area (Å²) in [5.74, 6) is -0.00439. The van der Waals surface area contributed by atoms with Gasteiger partial charge in [-0.25, -0.2) is 0 Å². The molecule has 0 saturated carbocycles. The Bertz CT molecular complexity index is 614. The van der Waals surface area contributed by atoms with E-state index in [0.717, 1.165) is 11.3 Å². The van der Waals surface area contributed by atoms with Crippen LogP contribution in [0, 0.1) is 0 Å². The first-order valence-corrected chi connectivity index (χ1v) is 7.37. The van der Waals surface area contributed by atoms with E-state index in [1.54, 1.807) is 11.9 Å². The average molecular weight is 320 g/mol. The van der Waals surface area contributed by atoms with E-state index in [1.165, 1.54) is 7.11 Å². The van der Waals surface area contributed by atoms with E-state index in [1.807, 2.05) is 18.2 Å². The van der Waals surface area contributed by atoms with Gasteiger partial charge in [0.05, 0.1) is 19.2 Å². The predicted molar refractivity (Wildman–Crippen MR) is 83.3 cm³/mol. The summed E-state index contributed by atoms with van der Waals surface area (Å²) in [6.45, 7) is 0.510. The second kappa shape index (κ2) is 7.62. The number of fused-ring (bicyclic) bond motifs is 1. The van der Waals surface area contributed by atoms with Gasteiger partial charge < -0.3 is 19.7 Å². The van der Waals surface area contributed by atoms with Crippen LogP contribution in [-0.2, 0) is 25.5 Å². The zero-order valence-corrected chi connectivity index (χ0v) is 13.3. The van der Waals surface area contributed by atoms with Crippen LogP contribution in [0.5, 0.6) is 5.75 Å². The number of rotatable bonds is 6. The first-order chi connectivity index (χ1) is 11.0. The number of amides is 2. The lowest BCUT2D eigenvalue weighted by Gasteiger charge is -2.26. The Morgan fingerprint density at radius 1 is 1.35 bits per heavy atom. The lowest BCUT2D eigenvalue weighted by Crippen LogP contribution is -2.35. The number of likely N-dealkylation sites (N-methyl/N-ethyl adjacent to an activating group) is 1. The number of nitrogens with zero attached hydrogens (tertiary/aromatic N) is 1. The van der Waals surface area contributed by atoms with Gasteiger partial charge in [-0.15, -0.1) is 0 Å². The van der Waals surface area contributed by atoms with Crippen molar-refractivity contribution in [1.29, 1.82) is 0 Å². The summed E-state index contributed by atoms with van der Waals surface area (Å²) < 4.78 is 9.85. The van der Waals surface area contributed by atoms with Gasteiger partial charge in [0.1, 0.15) is 5.75 Å². The molecule has 0 unspecified atom stereocenters. The smallest absolute Gasteiger partial charge is 0.306 e. The van der Waals surface area contributed by atoms with Gasteiger partial charge in [-0.1, -0.05) is 6.07 Å². The van der Waals surface area contributed by atoms with Crippen LogP contribution in [0.2, 0.25) is 0 Å². The van der Waals surface area contributed by atoms with Crippen LogP contribution in [0.15, 0.2) is 18.2 Å².